The molecule has 2 nitrogen and oxygen atoms in total. The number of benzene rings is 1. The van der Waals surface area contributed by atoms with E-state index in [0.29, 0.717) is 6.54 Å². The Bertz CT molecular complexity index is 540. The number of aryl methyl sites for hydroxylation is 1. The van der Waals surface area contributed by atoms with Gasteiger partial charge in [0.25, 0.3) is 0 Å². The fraction of sp³-hybridized carbons (Fsp3) is 0.143. The normalized spacial score (nSPS) is 9.67. The number of hydrogen-bond acceptors (Lipinski definition) is 1. The van der Waals surface area contributed by atoms with Gasteiger partial charge in [-0.2, -0.15) is 4.57 Å². The fourth-order valence-electron chi connectivity index (χ4n) is 1.64. The van der Waals surface area contributed by atoms with Crippen LogP contribution in [0, 0.1) is 6.92 Å². The lowest BCUT2D eigenvalue weighted by Crippen LogP contribution is -3.00. The topological polar surface area (TPSA) is 20.9 Å². The molecular formula is C14H13BrINO. The molecule has 0 atom stereocenters. The summed E-state index contributed by atoms with van der Waals surface area (Å²) in [5.41, 5.74) is 1.89. The van der Waals surface area contributed by atoms with Gasteiger partial charge in [0.15, 0.2) is 12.4 Å². The van der Waals surface area contributed by atoms with Crippen LogP contribution in [-0.4, -0.2) is 5.78 Å². The van der Waals surface area contributed by atoms with E-state index in [1.54, 1.807) is 0 Å². The summed E-state index contributed by atoms with van der Waals surface area (Å²) < 4.78 is 2.89. The molecule has 0 N–H and O–H groups in total. The van der Waals surface area contributed by atoms with E-state index in [-0.39, 0.29) is 29.8 Å². The Hall–Kier alpha value is -0.750. The molecule has 0 unspecified atom stereocenters. The highest BCUT2D eigenvalue weighted by Gasteiger charge is 2.11. The van der Waals surface area contributed by atoms with Crippen LogP contribution in [0.5, 0.6) is 0 Å². The summed E-state index contributed by atoms with van der Waals surface area (Å²) in [4.78, 5) is 12.0. The zero-order valence-corrected chi connectivity index (χ0v) is 13.7. The van der Waals surface area contributed by atoms with Gasteiger partial charge in [0.2, 0.25) is 12.3 Å². The van der Waals surface area contributed by atoms with Crippen LogP contribution in [0.15, 0.2) is 53.3 Å². The molecule has 0 fully saturated rings. The van der Waals surface area contributed by atoms with Crippen LogP contribution in [0.1, 0.15) is 15.9 Å². The Morgan fingerprint density at radius 1 is 1.22 bits per heavy atom. The first kappa shape index (κ1) is 15.3. The van der Waals surface area contributed by atoms with Crippen LogP contribution in [0.4, 0.5) is 0 Å². The second-order valence-corrected chi connectivity index (χ2v) is 4.90. The highest BCUT2D eigenvalue weighted by molar-refractivity contribution is 9.10. The Labute approximate surface area is 132 Å². The van der Waals surface area contributed by atoms with Crippen molar-refractivity contribution in [3.63, 3.8) is 0 Å². The number of nitrogens with zero attached hydrogens (tertiary/aromatic N) is 1. The average Bonchev–Trinajstić information content (AvgIpc) is 2.29. The second-order valence-electron chi connectivity index (χ2n) is 3.98. The molecule has 18 heavy (non-hydrogen) atoms. The minimum Gasteiger partial charge on any atom is -1.00 e. The molecule has 0 aliphatic rings. The number of carbonyl (C=O) groups is 1. The third-order valence-electron chi connectivity index (χ3n) is 2.50. The third kappa shape index (κ3) is 4.17. The Balaban J connectivity index is 0.00000162. The summed E-state index contributed by atoms with van der Waals surface area (Å²) in [6.07, 6.45) is 3.88. The van der Waals surface area contributed by atoms with Crippen molar-refractivity contribution in [2.24, 2.45) is 0 Å². The predicted molar refractivity (Wildman–Crippen MR) is 69.8 cm³/mol. The lowest BCUT2D eigenvalue weighted by Gasteiger charge is -1.99. The molecule has 0 spiro atoms. The van der Waals surface area contributed by atoms with E-state index in [1.807, 2.05) is 60.3 Å². The minimum absolute atomic E-state index is 0. The van der Waals surface area contributed by atoms with Gasteiger partial charge in [0, 0.05) is 21.7 Å². The number of rotatable bonds is 3. The lowest BCUT2D eigenvalue weighted by molar-refractivity contribution is -0.683. The van der Waals surface area contributed by atoms with Gasteiger partial charge in [0.05, 0.1) is 0 Å². The van der Waals surface area contributed by atoms with E-state index in [0.717, 1.165) is 15.6 Å². The van der Waals surface area contributed by atoms with Crippen LogP contribution in [0.3, 0.4) is 0 Å². The summed E-state index contributed by atoms with van der Waals surface area (Å²) in [5.74, 6) is 0.119. The molecule has 1 heterocycles. The van der Waals surface area contributed by atoms with Gasteiger partial charge in [-0.05, 0) is 25.1 Å². The van der Waals surface area contributed by atoms with Gasteiger partial charge in [-0.3, -0.25) is 4.79 Å². The maximum atomic E-state index is 12.0. The Morgan fingerprint density at radius 3 is 2.50 bits per heavy atom. The Morgan fingerprint density at radius 2 is 1.89 bits per heavy atom. The number of hydrogen-bond donors (Lipinski definition) is 0. The molecule has 0 radical (unpaired) electrons. The molecule has 0 aliphatic heterocycles. The summed E-state index contributed by atoms with van der Waals surface area (Å²) >= 11 is 3.35. The molecule has 0 aliphatic carbocycles. The molecule has 4 heteroatoms. The third-order valence-corrected chi connectivity index (χ3v) is 3.03. The zero-order chi connectivity index (χ0) is 12.3. The number of ketones is 1. The van der Waals surface area contributed by atoms with E-state index >= 15 is 0 Å². The maximum absolute atomic E-state index is 12.0. The Kier molecular flexibility index (Phi) is 5.95. The van der Waals surface area contributed by atoms with Crippen LogP contribution >= 0.6 is 15.9 Å². The minimum atomic E-state index is 0. The van der Waals surface area contributed by atoms with Gasteiger partial charge in [-0.15, -0.1) is 0 Å². The number of aromatic nitrogens is 1. The van der Waals surface area contributed by atoms with Crippen LogP contribution in [0.25, 0.3) is 0 Å². The quantitative estimate of drug-likeness (QED) is 0.389. The highest BCUT2D eigenvalue weighted by atomic mass is 127. The molecular weight excluding hydrogens is 405 g/mol. The van der Waals surface area contributed by atoms with Crippen molar-refractivity contribution in [1.82, 2.24) is 0 Å². The zero-order valence-electron chi connectivity index (χ0n) is 9.94. The van der Waals surface area contributed by atoms with Crippen molar-refractivity contribution >= 4 is 21.7 Å². The first-order chi connectivity index (χ1) is 8.15. The predicted octanol–water partition coefficient (Wildman–Crippen LogP) is -0.0681. The van der Waals surface area contributed by atoms with E-state index in [2.05, 4.69) is 15.9 Å². The maximum Gasteiger partial charge on any atom is 0.227 e. The SMILES string of the molecule is Cc1ccc[n+](CC(=O)c2ccc(Br)cc2)c1.[I-]. The smallest absolute Gasteiger partial charge is 0.227 e. The first-order valence-corrected chi connectivity index (χ1v) is 6.19. The van der Waals surface area contributed by atoms with E-state index in [1.165, 1.54) is 0 Å². The van der Waals surface area contributed by atoms with Gasteiger partial charge < -0.3 is 24.0 Å². The first-order valence-electron chi connectivity index (χ1n) is 5.39. The van der Waals surface area contributed by atoms with Crippen LogP contribution < -0.4 is 28.5 Å². The summed E-state index contributed by atoms with van der Waals surface area (Å²) in [6.45, 7) is 2.39. The van der Waals surface area contributed by atoms with Gasteiger partial charge in [0.1, 0.15) is 0 Å². The van der Waals surface area contributed by atoms with Crippen molar-refractivity contribution in [1.29, 1.82) is 0 Å². The molecule has 0 amide bonds. The van der Waals surface area contributed by atoms with Crippen molar-refractivity contribution in [3.05, 3.63) is 64.4 Å². The highest BCUT2D eigenvalue weighted by Crippen LogP contribution is 2.10. The second kappa shape index (κ2) is 6.99. The van der Waals surface area contributed by atoms with Gasteiger partial charge in [-0.1, -0.05) is 28.1 Å². The molecule has 1 aromatic carbocycles. The standard InChI is InChI=1S/C14H13BrNO.HI/c1-11-3-2-8-16(9-11)10-14(17)12-4-6-13(15)7-5-12;/h2-9H,10H2,1H3;1H/q+1;/p-1. The average molecular weight is 418 g/mol. The van der Waals surface area contributed by atoms with Crippen molar-refractivity contribution in [3.8, 4) is 0 Å². The largest absolute Gasteiger partial charge is 1.00 e. The fourth-order valence-corrected chi connectivity index (χ4v) is 1.91. The number of halogens is 2. The summed E-state index contributed by atoms with van der Waals surface area (Å²) in [5, 5.41) is 0. The molecule has 0 saturated carbocycles. The number of pyridine rings is 1. The molecule has 0 bridgehead atoms. The van der Waals surface area contributed by atoms with Crippen molar-refractivity contribution in [2.75, 3.05) is 0 Å². The van der Waals surface area contributed by atoms with E-state index < -0.39 is 0 Å². The molecule has 2 aromatic rings. The van der Waals surface area contributed by atoms with E-state index in [4.69, 9.17) is 0 Å². The van der Waals surface area contributed by atoms with Gasteiger partial charge >= 0.3 is 0 Å². The monoisotopic (exact) mass is 417 g/mol. The number of carbonyl (C=O) groups excluding carboxylic acids is 1. The molecule has 0 saturated heterocycles. The van der Waals surface area contributed by atoms with Crippen LogP contribution in [-0.2, 0) is 6.54 Å². The molecule has 94 valence electrons. The summed E-state index contributed by atoms with van der Waals surface area (Å²) in [6, 6.07) is 11.4. The van der Waals surface area contributed by atoms with Crippen molar-refractivity contribution in [2.45, 2.75) is 13.5 Å². The van der Waals surface area contributed by atoms with Crippen LogP contribution in [0.2, 0.25) is 0 Å². The number of Topliss-reactive ketones (excluding diaryl/α,β-unsaturated/α-hetero) is 1. The molecule has 1 aromatic heterocycles. The molecule has 2 rings (SSSR count). The summed E-state index contributed by atoms with van der Waals surface area (Å²) in [7, 11) is 0. The van der Waals surface area contributed by atoms with Gasteiger partial charge in [-0.25, -0.2) is 0 Å². The van der Waals surface area contributed by atoms with Crippen molar-refractivity contribution < 1.29 is 33.3 Å². The van der Waals surface area contributed by atoms with E-state index in [9.17, 15) is 4.79 Å². The lowest BCUT2D eigenvalue weighted by atomic mass is 10.1.